The van der Waals surface area contributed by atoms with Crippen LogP contribution in [-0.2, 0) is 5.41 Å². The summed E-state index contributed by atoms with van der Waals surface area (Å²) >= 11 is 0. The summed E-state index contributed by atoms with van der Waals surface area (Å²) in [5.74, 6) is 1.84. The van der Waals surface area contributed by atoms with E-state index in [9.17, 15) is 9.65 Å². The van der Waals surface area contributed by atoms with Gasteiger partial charge in [0.2, 0.25) is 5.95 Å². The molecule has 1 aromatic rings. The third-order valence-corrected chi connectivity index (χ3v) is 5.59. The van der Waals surface area contributed by atoms with E-state index >= 15 is 0 Å². The largest absolute Gasteiger partial charge is 0.228 e. The molecule has 0 saturated heterocycles. The van der Waals surface area contributed by atoms with Crippen LogP contribution in [0.1, 0.15) is 49.7 Å². The van der Waals surface area contributed by atoms with Crippen LogP contribution in [0.4, 0.5) is 4.39 Å². The summed E-state index contributed by atoms with van der Waals surface area (Å²) in [6.45, 7) is 0. The standard InChI is InChI=1S/C16H17FN2/c17-15-14(13(9-18)1-2-19-15)16-6-10-3-11(7-16)5-12(4-10)8-16/h1-2,10-12H,3-8H2. The third kappa shape index (κ3) is 1.55. The summed E-state index contributed by atoms with van der Waals surface area (Å²) in [7, 11) is 0. The Morgan fingerprint density at radius 3 is 2.26 bits per heavy atom. The Bertz CT molecular complexity index is 537. The molecule has 5 rings (SSSR count). The average molecular weight is 256 g/mol. The van der Waals surface area contributed by atoms with Crippen molar-refractivity contribution in [3.05, 3.63) is 29.3 Å². The summed E-state index contributed by atoms with van der Waals surface area (Å²) in [5.41, 5.74) is 1.06. The molecule has 0 radical (unpaired) electrons. The van der Waals surface area contributed by atoms with Crippen LogP contribution in [0.2, 0.25) is 0 Å². The number of pyridine rings is 1. The third-order valence-electron chi connectivity index (χ3n) is 5.59. The van der Waals surface area contributed by atoms with E-state index in [1.54, 1.807) is 6.07 Å². The minimum Gasteiger partial charge on any atom is -0.228 e. The molecule has 0 unspecified atom stereocenters. The van der Waals surface area contributed by atoms with Crippen LogP contribution in [-0.4, -0.2) is 4.98 Å². The lowest BCUT2D eigenvalue weighted by Gasteiger charge is -2.57. The van der Waals surface area contributed by atoms with Crippen molar-refractivity contribution in [3.63, 3.8) is 0 Å². The van der Waals surface area contributed by atoms with Crippen molar-refractivity contribution in [2.24, 2.45) is 17.8 Å². The molecule has 4 fully saturated rings. The molecule has 4 bridgehead atoms. The Morgan fingerprint density at radius 2 is 1.74 bits per heavy atom. The summed E-state index contributed by atoms with van der Waals surface area (Å²) in [5, 5.41) is 9.30. The van der Waals surface area contributed by atoms with Gasteiger partial charge in [0.1, 0.15) is 0 Å². The maximum Gasteiger partial charge on any atom is 0.217 e. The second-order valence-electron chi connectivity index (χ2n) is 6.83. The molecule has 19 heavy (non-hydrogen) atoms. The smallest absolute Gasteiger partial charge is 0.217 e. The van der Waals surface area contributed by atoms with Crippen molar-refractivity contribution in [1.29, 1.82) is 5.26 Å². The van der Waals surface area contributed by atoms with Crippen LogP contribution in [0.25, 0.3) is 0 Å². The Balaban J connectivity index is 1.86. The van der Waals surface area contributed by atoms with Gasteiger partial charge >= 0.3 is 0 Å². The number of halogens is 1. The molecule has 0 N–H and O–H groups in total. The minimum absolute atomic E-state index is 0.0852. The normalized spacial score (nSPS) is 39.3. The Hall–Kier alpha value is -1.43. The van der Waals surface area contributed by atoms with Crippen LogP contribution in [0, 0.1) is 35.0 Å². The maximum absolute atomic E-state index is 14.3. The van der Waals surface area contributed by atoms with Gasteiger partial charge in [0.15, 0.2) is 0 Å². The molecule has 1 aromatic heterocycles. The molecule has 2 nitrogen and oxygen atoms in total. The van der Waals surface area contributed by atoms with Crippen LogP contribution in [0.15, 0.2) is 12.3 Å². The van der Waals surface area contributed by atoms with E-state index in [1.807, 2.05) is 0 Å². The quantitative estimate of drug-likeness (QED) is 0.720. The Morgan fingerprint density at radius 1 is 1.16 bits per heavy atom. The lowest BCUT2D eigenvalue weighted by Crippen LogP contribution is -2.49. The van der Waals surface area contributed by atoms with E-state index in [-0.39, 0.29) is 5.41 Å². The minimum atomic E-state index is -0.402. The summed E-state index contributed by atoms with van der Waals surface area (Å²) < 4.78 is 14.3. The molecule has 98 valence electrons. The molecular weight excluding hydrogens is 239 g/mol. The van der Waals surface area contributed by atoms with Gasteiger partial charge in [-0.15, -0.1) is 0 Å². The predicted octanol–water partition coefficient (Wildman–Crippen LogP) is 3.56. The number of nitrogens with zero attached hydrogens (tertiary/aromatic N) is 2. The first-order valence-corrected chi connectivity index (χ1v) is 7.25. The number of aromatic nitrogens is 1. The van der Waals surface area contributed by atoms with E-state index in [4.69, 9.17) is 0 Å². The zero-order chi connectivity index (χ0) is 13.0. The fourth-order valence-corrected chi connectivity index (χ4v) is 5.45. The average Bonchev–Trinajstić information content (AvgIpc) is 2.36. The van der Waals surface area contributed by atoms with Crippen LogP contribution in [0.5, 0.6) is 0 Å². The van der Waals surface area contributed by atoms with Gasteiger partial charge < -0.3 is 0 Å². The highest BCUT2D eigenvalue weighted by atomic mass is 19.1. The summed E-state index contributed by atoms with van der Waals surface area (Å²) in [6.07, 6.45) is 8.58. The molecule has 0 spiro atoms. The van der Waals surface area contributed by atoms with Gasteiger partial charge in [-0.3, -0.25) is 0 Å². The first-order chi connectivity index (χ1) is 9.20. The number of nitriles is 1. The lowest BCUT2D eigenvalue weighted by atomic mass is 9.48. The van der Waals surface area contributed by atoms with Crippen molar-refractivity contribution in [1.82, 2.24) is 4.98 Å². The first kappa shape index (κ1) is 11.4. The second-order valence-corrected chi connectivity index (χ2v) is 6.83. The number of rotatable bonds is 1. The van der Waals surface area contributed by atoms with Crippen molar-refractivity contribution >= 4 is 0 Å². The van der Waals surface area contributed by atoms with Gasteiger partial charge in [-0.25, -0.2) is 4.98 Å². The highest BCUT2D eigenvalue weighted by Crippen LogP contribution is 2.61. The molecule has 0 aromatic carbocycles. The van der Waals surface area contributed by atoms with Crippen molar-refractivity contribution in [2.45, 2.75) is 43.9 Å². The molecular formula is C16H17FN2. The van der Waals surface area contributed by atoms with E-state index in [0.29, 0.717) is 11.1 Å². The zero-order valence-corrected chi connectivity index (χ0v) is 10.9. The molecule has 0 amide bonds. The number of hydrogen-bond donors (Lipinski definition) is 0. The monoisotopic (exact) mass is 256 g/mol. The fraction of sp³-hybridized carbons (Fsp3) is 0.625. The molecule has 4 saturated carbocycles. The first-order valence-electron chi connectivity index (χ1n) is 7.25. The van der Waals surface area contributed by atoms with E-state index in [2.05, 4.69) is 11.1 Å². The molecule has 4 aliphatic rings. The maximum atomic E-state index is 14.3. The second kappa shape index (κ2) is 3.79. The van der Waals surface area contributed by atoms with E-state index < -0.39 is 5.95 Å². The fourth-order valence-electron chi connectivity index (χ4n) is 5.45. The summed E-state index contributed by atoms with van der Waals surface area (Å²) in [6, 6.07) is 3.86. The molecule has 0 aliphatic heterocycles. The Kier molecular flexibility index (Phi) is 2.27. The van der Waals surface area contributed by atoms with E-state index in [1.165, 1.54) is 25.5 Å². The Labute approximate surface area is 112 Å². The number of hydrogen-bond acceptors (Lipinski definition) is 2. The van der Waals surface area contributed by atoms with Crippen LogP contribution < -0.4 is 0 Å². The van der Waals surface area contributed by atoms with Gasteiger partial charge in [-0.1, -0.05) is 0 Å². The van der Waals surface area contributed by atoms with Crippen LogP contribution in [0.3, 0.4) is 0 Å². The van der Waals surface area contributed by atoms with E-state index in [0.717, 1.165) is 37.0 Å². The van der Waals surface area contributed by atoms with Crippen molar-refractivity contribution < 1.29 is 4.39 Å². The van der Waals surface area contributed by atoms with Gasteiger partial charge in [-0.05, 0) is 62.3 Å². The van der Waals surface area contributed by atoms with Crippen LogP contribution >= 0.6 is 0 Å². The summed E-state index contributed by atoms with van der Waals surface area (Å²) in [4.78, 5) is 3.83. The topological polar surface area (TPSA) is 36.7 Å². The molecule has 4 aliphatic carbocycles. The zero-order valence-electron chi connectivity index (χ0n) is 10.9. The van der Waals surface area contributed by atoms with Gasteiger partial charge in [-0.2, -0.15) is 9.65 Å². The van der Waals surface area contributed by atoms with Crippen molar-refractivity contribution in [2.75, 3.05) is 0 Å². The molecule has 0 atom stereocenters. The van der Waals surface area contributed by atoms with Crippen molar-refractivity contribution in [3.8, 4) is 6.07 Å². The van der Waals surface area contributed by atoms with Gasteiger partial charge in [0.05, 0.1) is 11.6 Å². The van der Waals surface area contributed by atoms with Gasteiger partial charge in [0, 0.05) is 17.2 Å². The van der Waals surface area contributed by atoms with Gasteiger partial charge in [0.25, 0.3) is 0 Å². The SMILES string of the molecule is N#Cc1ccnc(F)c1C12CC3CC(CC(C3)C1)C2. The highest BCUT2D eigenvalue weighted by molar-refractivity contribution is 5.42. The predicted molar refractivity (Wildman–Crippen MR) is 68.8 cm³/mol. The lowest BCUT2D eigenvalue weighted by molar-refractivity contribution is -0.00721. The molecule has 3 heteroatoms. The molecule has 1 heterocycles. The highest BCUT2D eigenvalue weighted by Gasteiger charge is 2.53.